The Hall–Kier alpha value is -1.93. The number of nitrogens with zero attached hydrogens (tertiary/aromatic N) is 1. The van der Waals surface area contributed by atoms with Crippen molar-refractivity contribution >= 4 is 5.91 Å². The maximum Gasteiger partial charge on any atom is 0.325 e. The summed E-state index contributed by atoms with van der Waals surface area (Å²) in [4.78, 5) is 41.9. The summed E-state index contributed by atoms with van der Waals surface area (Å²) in [7, 11) is 0. The van der Waals surface area contributed by atoms with E-state index in [1.165, 1.54) is 0 Å². The molecule has 1 fully saturated rings. The number of rotatable bonds is 6. The lowest BCUT2D eigenvalue weighted by atomic mass is 10.1. The maximum absolute atomic E-state index is 12.0. The van der Waals surface area contributed by atoms with Gasteiger partial charge in [0.2, 0.25) is 5.91 Å². The van der Waals surface area contributed by atoms with Gasteiger partial charge in [0.25, 0.3) is 5.56 Å². The molecule has 0 radical (unpaired) electrons. The number of hydrogen-bond donors (Lipinski definition) is 3. The van der Waals surface area contributed by atoms with Crippen LogP contribution in [0.1, 0.15) is 24.6 Å². The van der Waals surface area contributed by atoms with Crippen molar-refractivity contribution in [3.63, 3.8) is 0 Å². The molecule has 0 aromatic carbocycles. The average Bonchev–Trinajstić information content (AvgIpc) is 2.46. The van der Waals surface area contributed by atoms with Gasteiger partial charge in [-0.25, -0.2) is 4.79 Å². The van der Waals surface area contributed by atoms with Gasteiger partial charge in [0.15, 0.2) is 0 Å². The molecule has 3 N–H and O–H groups in total. The van der Waals surface area contributed by atoms with Crippen molar-refractivity contribution in [2.45, 2.75) is 32.7 Å². The van der Waals surface area contributed by atoms with E-state index in [0.29, 0.717) is 17.7 Å². The second-order valence-electron chi connectivity index (χ2n) is 5.89. The molecule has 1 aliphatic rings. The molecule has 1 atom stereocenters. The van der Waals surface area contributed by atoms with Crippen molar-refractivity contribution in [1.29, 1.82) is 0 Å². The molecule has 23 heavy (non-hydrogen) atoms. The summed E-state index contributed by atoms with van der Waals surface area (Å²) in [5, 5.41) is 2.94. The average molecular weight is 324 g/mol. The molecule has 1 saturated heterocycles. The fourth-order valence-electron chi connectivity index (χ4n) is 2.73. The minimum Gasteiger partial charge on any atom is -0.379 e. The minimum atomic E-state index is -0.528. The first kappa shape index (κ1) is 17.4. The van der Waals surface area contributed by atoms with Crippen LogP contribution in [0.25, 0.3) is 0 Å². The molecular weight excluding hydrogens is 300 g/mol. The summed E-state index contributed by atoms with van der Waals surface area (Å²) in [5.41, 5.74) is -0.00579. The van der Waals surface area contributed by atoms with Crippen LogP contribution in [0.4, 0.5) is 0 Å². The van der Waals surface area contributed by atoms with Gasteiger partial charge in [0.1, 0.15) is 0 Å². The monoisotopic (exact) mass is 324 g/mol. The van der Waals surface area contributed by atoms with Crippen LogP contribution >= 0.6 is 0 Å². The molecule has 0 spiro atoms. The molecular formula is C15H24N4O4. The van der Waals surface area contributed by atoms with Crippen LogP contribution in [-0.2, 0) is 16.0 Å². The van der Waals surface area contributed by atoms with Gasteiger partial charge in [0, 0.05) is 43.4 Å². The summed E-state index contributed by atoms with van der Waals surface area (Å²) in [5.74, 6) is -0.101. The Balaban J connectivity index is 1.80. The van der Waals surface area contributed by atoms with Crippen molar-refractivity contribution in [2.24, 2.45) is 0 Å². The van der Waals surface area contributed by atoms with E-state index >= 15 is 0 Å². The van der Waals surface area contributed by atoms with Crippen LogP contribution in [0.15, 0.2) is 9.59 Å². The van der Waals surface area contributed by atoms with Crippen molar-refractivity contribution in [1.82, 2.24) is 20.2 Å². The van der Waals surface area contributed by atoms with Crippen LogP contribution in [0.3, 0.4) is 0 Å². The summed E-state index contributed by atoms with van der Waals surface area (Å²) in [6, 6.07) is 0.0376. The van der Waals surface area contributed by atoms with E-state index in [9.17, 15) is 14.4 Å². The largest absolute Gasteiger partial charge is 0.379 e. The van der Waals surface area contributed by atoms with Crippen molar-refractivity contribution < 1.29 is 9.53 Å². The van der Waals surface area contributed by atoms with E-state index < -0.39 is 11.2 Å². The normalized spacial score (nSPS) is 17.0. The van der Waals surface area contributed by atoms with Gasteiger partial charge in [-0.15, -0.1) is 0 Å². The van der Waals surface area contributed by atoms with Crippen molar-refractivity contribution in [3.05, 3.63) is 32.1 Å². The quantitative estimate of drug-likeness (QED) is 0.631. The molecule has 0 saturated carbocycles. The molecule has 0 aliphatic carbocycles. The number of carbonyl (C=O) groups is 1. The highest BCUT2D eigenvalue weighted by Gasteiger charge is 2.16. The number of ether oxygens (including phenoxy) is 1. The Bertz CT molecular complexity index is 646. The number of carbonyl (C=O) groups excluding carboxylic acids is 1. The lowest BCUT2D eigenvalue weighted by molar-refractivity contribution is -0.121. The van der Waals surface area contributed by atoms with Crippen molar-refractivity contribution in [2.75, 3.05) is 32.8 Å². The zero-order chi connectivity index (χ0) is 16.8. The number of H-pyrrole nitrogens is 2. The number of hydrogen-bond acceptors (Lipinski definition) is 5. The molecule has 8 nitrogen and oxygen atoms in total. The molecule has 128 valence electrons. The Labute approximate surface area is 134 Å². The summed E-state index contributed by atoms with van der Waals surface area (Å²) in [6.45, 7) is 7.63. The molecule has 8 heteroatoms. The number of nitrogens with one attached hydrogen (secondary N) is 3. The molecule has 1 aromatic heterocycles. The number of aryl methyl sites for hydroxylation is 1. The van der Waals surface area contributed by atoms with Crippen LogP contribution in [-0.4, -0.2) is 59.7 Å². The zero-order valence-electron chi connectivity index (χ0n) is 13.6. The topological polar surface area (TPSA) is 107 Å². The SMILES string of the molecule is Cc1[nH]c(=O)[nH]c(=O)c1CCC(=O)N[C@H](C)CN1CCOCC1. The predicted molar refractivity (Wildman–Crippen MR) is 85.6 cm³/mol. The molecule has 0 unspecified atom stereocenters. The van der Waals surface area contributed by atoms with Crippen LogP contribution in [0, 0.1) is 6.92 Å². The zero-order valence-corrected chi connectivity index (χ0v) is 13.6. The third-order valence-corrected chi connectivity index (χ3v) is 3.90. The Morgan fingerprint density at radius 1 is 1.30 bits per heavy atom. The lowest BCUT2D eigenvalue weighted by Crippen LogP contribution is -2.46. The van der Waals surface area contributed by atoms with E-state index in [0.717, 1.165) is 32.8 Å². The number of aromatic amines is 2. The van der Waals surface area contributed by atoms with Gasteiger partial charge in [-0.2, -0.15) is 0 Å². The van der Waals surface area contributed by atoms with Crippen LogP contribution in [0.2, 0.25) is 0 Å². The molecule has 2 rings (SSSR count). The first-order valence-electron chi connectivity index (χ1n) is 7.87. The molecule has 2 heterocycles. The second kappa shape index (κ2) is 8.07. The van der Waals surface area contributed by atoms with Gasteiger partial charge >= 0.3 is 5.69 Å². The third-order valence-electron chi connectivity index (χ3n) is 3.90. The van der Waals surface area contributed by atoms with Crippen LogP contribution in [0.5, 0.6) is 0 Å². The van der Waals surface area contributed by atoms with Gasteiger partial charge in [-0.3, -0.25) is 19.5 Å². The Kier molecular flexibility index (Phi) is 6.12. The first-order valence-corrected chi connectivity index (χ1v) is 7.87. The van der Waals surface area contributed by atoms with E-state index in [4.69, 9.17) is 4.74 Å². The number of aromatic nitrogens is 2. The summed E-state index contributed by atoms with van der Waals surface area (Å²) in [6.07, 6.45) is 0.511. The molecule has 1 aromatic rings. The fraction of sp³-hybridized carbons (Fsp3) is 0.667. The lowest BCUT2D eigenvalue weighted by Gasteiger charge is -2.29. The Morgan fingerprint density at radius 2 is 2.00 bits per heavy atom. The minimum absolute atomic E-state index is 0.0376. The number of amides is 1. The first-order chi connectivity index (χ1) is 11.0. The number of morpholine rings is 1. The highest BCUT2D eigenvalue weighted by molar-refractivity contribution is 5.76. The fourth-order valence-corrected chi connectivity index (χ4v) is 2.73. The van der Waals surface area contributed by atoms with Gasteiger partial charge in [0.05, 0.1) is 13.2 Å². The molecule has 0 bridgehead atoms. The molecule has 1 amide bonds. The highest BCUT2D eigenvalue weighted by Crippen LogP contribution is 2.02. The summed E-state index contributed by atoms with van der Waals surface area (Å²) >= 11 is 0. The molecule has 1 aliphatic heterocycles. The van der Waals surface area contributed by atoms with E-state index in [-0.39, 0.29) is 18.4 Å². The predicted octanol–water partition coefficient (Wildman–Crippen LogP) is -0.859. The van der Waals surface area contributed by atoms with Gasteiger partial charge in [-0.05, 0) is 20.3 Å². The van der Waals surface area contributed by atoms with E-state index in [1.807, 2.05) is 6.92 Å². The Morgan fingerprint density at radius 3 is 2.65 bits per heavy atom. The smallest absolute Gasteiger partial charge is 0.325 e. The van der Waals surface area contributed by atoms with Gasteiger partial charge < -0.3 is 15.0 Å². The summed E-state index contributed by atoms with van der Waals surface area (Å²) < 4.78 is 5.29. The van der Waals surface area contributed by atoms with E-state index in [1.54, 1.807) is 6.92 Å². The second-order valence-corrected chi connectivity index (χ2v) is 5.89. The highest BCUT2D eigenvalue weighted by atomic mass is 16.5. The van der Waals surface area contributed by atoms with Gasteiger partial charge in [-0.1, -0.05) is 0 Å². The van der Waals surface area contributed by atoms with Crippen LogP contribution < -0.4 is 16.6 Å². The third kappa shape index (κ3) is 5.33. The standard InChI is InChI=1S/C15H24N4O4/c1-10(9-19-5-7-23-8-6-19)16-13(20)4-3-12-11(2)17-15(22)18-14(12)21/h10H,3-9H2,1-2H3,(H,16,20)(H2,17,18,21,22)/t10-/m1/s1. The van der Waals surface area contributed by atoms with Crippen molar-refractivity contribution in [3.8, 4) is 0 Å². The van der Waals surface area contributed by atoms with E-state index in [2.05, 4.69) is 20.2 Å². The maximum atomic E-state index is 12.0.